The van der Waals surface area contributed by atoms with Crippen molar-refractivity contribution in [2.45, 2.75) is 45.6 Å². The van der Waals surface area contributed by atoms with Crippen molar-refractivity contribution in [3.63, 3.8) is 0 Å². The highest BCUT2D eigenvalue weighted by Crippen LogP contribution is 2.33. The Morgan fingerprint density at radius 3 is 2.76 bits per heavy atom. The summed E-state index contributed by atoms with van der Waals surface area (Å²) in [4.78, 5) is 16.4. The third-order valence-corrected chi connectivity index (χ3v) is 4.73. The average molecular weight is 282 g/mol. The molecule has 0 aliphatic carbocycles. The van der Waals surface area contributed by atoms with Crippen LogP contribution in [-0.2, 0) is 11.2 Å². The number of nitrogens with one attached hydrogen (secondary N) is 1. The molecule has 1 aromatic heterocycles. The summed E-state index contributed by atoms with van der Waals surface area (Å²) < 4.78 is 0. The molecule has 1 aromatic carbocycles. The lowest BCUT2D eigenvalue weighted by molar-refractivity contribution is -0.120. The number of carbonyl (C=O) groups excluding carboxylic acids is 1. The normalized spacial score (nSPS) is 22.0. The quantitative estimate of drug-likeness (QED) is 0.937. The molecule has 0 saturated carbocycles. The van der Waals surface area contributed by atoms with Gasteiger partial charge < -0.3 is 5.32 Å². The van der Waals surface area contributed by atoms with Crippen molar-refractivity contribution in [1.82, 2.24) is 10.3 Å². The first-order chi connectivity index (χ1) is 10.00. The highest BCUT2D eigenvalue weighted by atomic mass is 16.2. The van der Waals surface area contributed by atoms with Gasteiger partial charge in [-0.05, 0) is 43.4 Å². The van der Waals surface area contributed by atoms with Gasteiger partial charge in [0.05, 0.1) is 5.52 Å². The molecule has 1 amide bonds. The van der Waals surface area contributed by atoms with Crippen LogP contribution < -0.4 is 5.32 Å². The zero-order chi connectivity index (χ0) is 15.0. The second kappa shape index (κ2) is 5.14. The van der Waals surface area contributed by atoms with Crippen LogP contribution in [0.25, 0.3) is 10.9 Å². The molecule has 2 heterocycles. The Hall–Kier alpha value is -1.90. The van der Waals surface area contributed by atoms with E-state index in [-0.39, 0.29) is 11.4 Å². The maximum Gasteiger partial charge on any atom is 0.220 e. The summed E-state index contributed by atoms with van der Waals surface area (Å²) in [6.07, 6.45) is 2.43. The van der Waals surface area contributed by atoms with Crippen LogP contribution in [0.5, 0.6) is 0 Å². The van der Waals surface area contributed by atoms with E-state index in [0.717, 1.165) is 24.1 Å². The van der Waals surface area contributed by atoms with Crippen molar-refractivity contribution in [2.75, 3.05) is 0 Å². The van der Waals surface area contributed by atoms with Crippen LogP contribution in [0.2, 0.25) is 0 Å². The van der Waals surface area contributed by atoms with Crippen LogP contribution in [0, 0.1) is 12.8 Å². The SMILES string of the molecule is Cc1cc(CC2(C(C)C)CCC(=O)N2)c2ccccc2n1. The van der Waals surface area contributed by atoms with Crippen LogP contribution in [-0.4, -0.2) is 16.4 Å². The van der Waals surface area contributed by atoms with Crippen molar-refractivity contribution < 1.29 is 4.79 Å². The van der Waals surface area contributed by atoms with E-state index in [1.807, 2.05) is 13.0 Å². The van der Waals surface area contributed by atoms with Gasteiger partial charge in [-0.2, -0.15) is 0 Å². The van der Waals surface area contributed by atoms with E-state index in [1.165, 1.54) is 10.9 Å². The molecule has 1 atom stereocenters. The zero-order valence-corrected chi connectivity index (χ0v) is 12.9. The summed E-state index contributed by atoms with van der Waals surface area (Å²) in [5.41, 5.74) is 3.24. The lowest BCUT2D eigenvalue weighted by Crippen LogP contribution is -2.48. The van der Waals surface area contributed by atoms with Crippen molar-refractivity contribution >= 4 is 16.8 Å². The molecule has 1 aliphatic rings. The van der Waals surface area contributed by atoms with Gasteiger partial charge in [0.25, 0.3) is 0 Å². The second-order valence-electron chi connectivity index (χ2n) is 6.48. The molecule has 1 N–H and O–H groups in total. The first kappa shape index (κ1) is 14.1. The standard InChI is InChI=1S/C18H22N2O/c1-12(2)18(9-8-17(21)20-18)11-14-10-13(3)19-16-7-5-4-6-15(14)16/h4-7,10,12H,8-9,11H2,1-3H3,(H,20,21). The maximum atomic E-state index is 11.8. The van der Waals surface area contributed by atoms with E-state index in [1.54, 1.807) is 0 Å². The van der Waals surface area contributed by atoms with Gasteiger partial charge >= 0.3 is 0 Å². The number of benzene rings is 1. The van der Waals surface area contributed by atoms with Crippen molar-refractivity contribution in [3.8, 4) is 0 Å². The summed E-state index contributed by atoms with van der Waals surface area (Å²) in [5.74, 6) is 0.593. The molecular formula is C18H22N2O. The number of hydrogen-bond donors (Lipinski definition) is 1. The number of nitrogens with zero attached hydrogens (tertiary/aromatic N) is 1. The number of amides is 1. The number of carbonyl (C=O) groups is 1. The third-order valence-electron chi connectivity index (χ3n) is 4.73. The van der Waals surface area contributed by atoms with Crippen molar-refractivity contribution in [2.24, 2.45) is 5.92 Å². The van der Waals surface area contributed by atoms with Gasteiger partial charge in [0, 0.05) is 23.0 Å². The van der Waals surface area contributed by atoms with Gasteiger partial charge in [0.1, 0.15) is 0 Å². The molecule has 2 aromatic rings. The average Bonchev–Trinajstić information content (AvgIpc) is 2.81. The fourth-order valence-corrected chi connectivity index (χ4v) is 3.39. The summed E-state index contributed by atoms with van der Waals surface area (Å²) in [6.45, 7) is 6.43. The number of pyridine rings is 1. The molecule has 1 aliphatic heterocycles. The summed E-state index contributed by atoms with van der Waals surface area (Å²) in [7, 11) is 0. The van der Waals surface area contributed by atoms with Gasteiger partial charge in [-0.15, -0.1) is 0 Å². The number of hydrogen-bond acceptors (Lipinski definition) is 2. The Bertz CT molecular complexity index is 693. The van der Waals surface area contributed by atoms with Crippen LogP contribution >= 0.6 is 0 Å². The van der Waals surface area contributed by atoms with Gasteiger partial charge in [-0.1, -0.05) is 32.0 Å². The molecule has 3 rings (SSSR count). The number of fused-ring (bicyclic) bond motifs is 1. The van der Waals surface area contributed by atoms with E-state index in [0.29, 0.717) is 12.3 Å². The van der Waals surface area contributed by atoms with E-state index in [4.69, 9.17) is 0 Å². The number of rotatable bonds is 3. The molecule has 21 heavy (non-hydrogen) atoms. The molecular weight excluding hydrogens is 260 g/mol. The van der Waals surface area contributed by atoms with Gasteiger partial charge in [-0.25, -0.2) is 0 Å². The molecule has 1 fully saturated rings. The molecule has 110 valence electrons. The predicted molar refractivity (Wildman–Crippen MR) is 85.1 cm³/mol. The Morgan fingerprint density at radius 1 is 1.33 bits per heavy atom. The van der Waals surface area contributed by atoms with E-state index < -0.39 is 0 Å². The van der Waals surface area contributed by atoms with Gasteiger partial charge in [-0.3, -0.25) is 9.78 Å². The Morgan fingerprint density at radius 2 is 2.10 bits per heavy atom. The van der Waals surface area contributed by atoms with Crippen LogP contribution in [0.1, 0.15) is 37.9 Å². The zero-order valence-electron chi connectivity index (χ0n) is 12.9. The number of aromatic nitrogens is 1. The van der Waals surface area contributed by atoms with Crippen LogP contribution in [0.3, 0.4) is 0 Å². The minimum absolute atomic E-state index is 0.117. The molecule has 0 bridgehead atoms. The lowest BCUT2D eigenvalue weighted by Gasteiger charge is -2.34. The highest BCUT2D eigenvalue weighted by Gasteiger charge is 2.40. The minimum Gasteiger partial charge on any atom is -0.350 e. The monoisotopic (exact) mass is 282 g/mol. The molecule has 3 nitrogen and oxygen atoms in total. The van der Waals surface area contributed by atoms with Crippen LogP contribution in [0.15, 0.2) is 30.3 Å². The first-order valence-corrected chi connectivity index (χ1v) is 7.66. The smallest absolute Gasteiger partial charge is 0.220 e. The fourth-order valence-electron chi connectivity index (χ4n) is 3.39. The Balaban J connectivity index is 2.06. The largest absolute Gasteiger partial charge is 0.350 e. The van der Waals surface area contributed by atoms with E-state index in [2.05, 4.69) is 48.4 Å². The molecule has 3 heteroatoms. The van der Waals surface area contributed by atoms with Crippen molar-refractivity contribution in [3.05, 3.63) is 41.6 Å². The maximum absolute atomic E-state index is 11.8. The second-order valence-corrected chi connectivity index (χ2v) is 6.48. The fraction of sp³-hybridized carbons (Fsp3) is 0.444. The van der Waals surface area contributed by atoms with Crippen molar-refractivity contribution in [1.29, 1.82) is 0 Å². The molecule has 0 spiro atoms. The Labute approximate surface area is 125 Å². The lowest BCUT2D eigenvalue weighted by atomic mass is 9.79. The molecule has 1 saturated heterocycles. The minimum atomic E-state index is -0.117. The van der Waals surface area contributed by atoms with E-state index in [9.17, 15) is 4.79 Å². The third kappa shape index (κ3) is 2.53. The molecule has 1 unspecified atom stereocenters. The summed E-state index contributed by atoms with van der Waals surface area (Å²) in [5, 5.41) is 4.44. The summed E-state index contributed by atoms with van der Waals surface area (Å²) in [6, 6.07) is 10.4. The molecule has 0 radical (unpaired) electrons. The topological polar surface area (TPSA) is 42.0 Å². The highest BCUT2D eigenvalue weighted by molar-refractivity contribution is 5.83. The Kier molecular flexibility index (Phi) is 3.44. The van der Waals surface area contributed by atoms with Gasteiger partial charge in [0.15, 0.2) is 0 Å². The van der Waals surface area contributed by atoms with E-state index >= 15 is 0 Å². The summed E-state index contributed by atoms with van der Waals surface area (Å²) >= 11 is 0. The van der Waals surface area contributed by atoms with Crippen LogP contribution in [0.4, 0.5) is 0 Å². The predicted octanol–water partition coefficient (Wildman–Crippen LogP) is 3.39. The number of aryl methyl sites for hydroxylation is 1. The van der Waals surface area contributed by atoms with Gasteiger partial charge in [0.2, 0.25) is 5.91 Å². The first-order valence-electron chi connectivity index (χ1n) is 7.66. The number of para-hydroxylation sites is 1.